The average molecular weight is 365 g/mol. The van der Waals surface area contributed by atoms with E-state index in [1.54, 1.807) is 23.9 Å². The molecule has 0 bridgehead atoms. The van der Waals surface area contributed by atoms with Crippen LogP contribution in [-0.2, 0) is 0 Å². The molecule has 122 valence electrons. The van der Waals surface area contributed by atoms with Crippen LogP contribution in [0.2, 0.25) is 5.02 Å². The molecule has 4 nitrogen and oxygen atoms in total. The lowest BCUT2D eigenvalue weighted by Gasteiger charge is -2.04. The van der Waals surface area contributed by atoms with Crippen LogP contribution in [0.4, 0.5) is 5.82 Å². The molecule has 0 amide bonds. The summed E-state index contributed by atoms with van der Waals surface area (Å²) in [4.78, 5) is 9.65. The van der Waals surface area contributed by atoms with E-state index < -0.39 is 0 Å². The number of nitrogens with zero attached hydrogens (tertiary/aromatic N) is 3. The Labute approximate surface area is 153 Å². The monoisotopic (exact) mass is 364 g/mol. The Morgan fingerprint density at radius 1 is 1.00 bits per heavy atom. The second-order valence-electron chi connectivity index (χ2n) is 5.34. The molecule has 0 aliphatic carbocycles. The molecule has 0 radical (unpaired) electrons. The van der Waals surface area contributed by atoms with Crippen LogP contribution < -0.4 is 5.43 Å². The van der Waals surface area contributed by atoms with E-state index in [2.05, 4.69) is 38.0 Å². The van der Waals surface area contributed by atoms with Crippen LogP contribution in [0.15, 0.2) is 71.4 Å². The fourth-order valence-corrected chi connectivity index (χ4v) is 3.55. The molecule has 1 N–H and O–H groups in total. The number of benzene rings is 2. The molecule has 0 spiro atoms. The van der Waals surface area contributed by atoms with Gasteiger partial charge in [0.2, 0.25) is 0 Å². The number of thiophene rings is 1. The number of fused-ring (bicyclic) bond motifs is 1. The van der Waals surface area contributed by atoms with E-state index in [4.69, 9.17) is 11.6 Å². The van der Waals surface area contributed by atoms with Crippen LogP contribution in [0.1, 0.15) is 5.56 Å². The molecule has 2 heterocycles. The molecule has 0 atom stereocenters. The van der Waals surface area contributed by atoms with Gasteiger partial charge in [0, 0.05) is 16.0 Å². The molecule has 0 aliphatic heterocycles. The largest absolute Gasteiger partial charge is 0.261 e. The number of hydrazone groups is 1. The van der Waals surface area contributed by atoms with Crippen molar-refractivity contribution in [1.29, 1.82) is 0 Å². The van der Waals surface area contributed by atoms with Crippen molar-refractivity contribution in [2.75, 3.05) is 5.43 Å². The van der Waals surface area contributed by atoms with Gasteiger partial charge in [-0.2, -0.15) is 5.10 Å². The highest BCUT2D eigenvalue weighted by molar-refractivity contribution is 7.17. The number of hydrogen-bond donors (Lipinski definition) is 1. The number of rotatable bonds is 4. The smallest absolute Gasteiger partial charge is 0.159 e. The van der Waals surface area contributed by atoms with E-state index in [-0.39, 0.29) is 0 Å². The van der Waals surface area contributed by atoms with Gasteiger partial charge in [-0.25, -0.2) is 9.97 Å². The van der Waals surface area contributed by atoms with Crippen molar-refractivity contribution in [3.8, 4) is 11.1 Å². The number of hydrogen-bond acceptors (Lipinski definition) is 5. The van der Waals surface area contributed by atoms with Crippen molar-refractivity contribution in [2.24, 2.45) is 5.10 Å². The van der Waals surface area contributed by atoms with Crippen molar-refractivity contribution in [3.63, 3.8) is 0 Å². The van der Waals surface area contributed by atoms with Crippen molar-refractivity contribution in [1.82, 2.24) is 9.97 Å². The molecule has 0 aliphatic rings. The maximum absolute atomic E-state index is 5.89. The van der Waals surface area contributed by atoms with Gasteiger partial charge in [0.1, 0.15) is 11.2 Å². The van der Waals surface area contributed by atoms with Crippen molar-refractivity contribution in [2.45, 2.75) is 0 Å². The fraction of sp³-hybridized carbons (Fsp3) is 0. The molecule has 0 saturated heterocycles. The van der Waals surface area contributed by atoms with Gasteiger partial charge in [-0.05, 0) is 23.3 Å². The summed E-state index contributed by atoms with van der Waals surface area (Å²) in [5.41, 5.74) is 6.23. The Morgan fingerprint density at radius 3 is 2.60 bits per heavy atom. The van der Waals surface area contributed by atoms with E-state index in [1.807, 2.05) is 42.5 Å². The average Bonchev–Trinajstić information content (AvgIpc) is 3.09. The van der Waals surface area contributed by atoms with Crippen LogP contribution in [0.3, 0.4) is 0 Å². The molecular weight excluding hydrogens is 352 g/mol. The fourth-order valence-electron chi connectivity index (χ4n) is 2.51. The van der Waals surface area contributed by atoms with Crippen LogP contribution >= 0.6 is 22.9 Å². The van der Waals surface area contributed by atoms with E-state index in [0.29, 0.717) is 10.8 Å². The van der Waals surface area contributed by atoms with E-state index >= 15 is 0 Å². The topological polar surface area (TPSA) is 50.2 Å². The normalized spacial score (nSPS) is 11.2. The van der Waals surface area contributed by atoms with Crippen LogP contribution in [0.25, 0.3) is 21.3 Å². The quantitative estimate of drug-likeness (QED) is 0.386. The summed E-state index contributed by atoms with van der Waals surface area (Å²) < 4.78 is 0. The molecule has 25 heavy (non-hydrogen) atoms. The van der Waals surface area contributed by atoms with Crippen molar-refractivity contribution >= 4 is 45.2 Å². The van der Waals surface area contributed by atoms with E-state index in [9.17, 15) is 0 Å². The third-order valence-electron chi connectivity index (χ3n) is 3.71. The SMILES string of the molecule is Clc1ccc(C=NNc2ncnc3scc(-c4ccccc4)c23)cc1. The first-order valence-electron chi connectivity index (χ1n) is 7.63. The van der Waals surface area contributed by atoms with Gasteiger partial charge in [0.15, 0.2) is 5.82 Å². The lowest BCUT2D eigenvalue weighted by molar-refractivity contribution is 1.19. The predicted molar refractivity (Wildman–Crippen MR) is 106 cm³/mol. The molecule has 0 fully saturated rings. The minimum absolute atomic E-state index is 0.690. The number of halogens is 1. The Kier molecular flexibility index (Phi) is 4.41. The summed E-state index contributed by atoms with van der Waals surface area (Å²) in [6.45, 7) is 0. The maximum atomic E-state index is 5.89. The standard InChI is InChI=1S/C19H13ClN4S/c20-15-8-6-13(7-9-15)10-23-24-18-17-16(14-4-2-1-3-5-14)11-25-19(17)22-12-21-18/h1-12H,(H,21,22,24). The van der Waals surface area contributed by atoms with Gasteiger partial charge < -0.3 is 0 Å². The van der Waals surface area contributed by atoms with Crippen molar-refractivity contribution in [3.05, 3.63) is 76.9 Å². The van der Waals surface area contributed by atoms with Gasteiger partial charge in [0.25, 0.3) is 0 Å². The van der Waals surface area contributed by atoms with Gasteiger partial charge in [-0.1, -0.05) is 54.1 Å². The number of anilines is 1. The van der Waals surface area contributed by atoms with Crippen LogP contribution in [0, 0.1) is 0 Å². The summed E-state index contributed by atoms with van der Waals surface area (Å²) in [6, 6.07) is 17.7. The maximum Gasteiger partial charge on any atom is 0.159 e. The zero-order valence-corrected chi connectivity index (χ0v) is 14.6. The minimum Gasteiger partial charge on any atom is -0.261 e. The molecule has 6 heteroatoms. The highest BCUT2D eigenvalue weighted by Crippen LogP contribution is 2.36. The van der Waals surface area contributed by atoms with Gasteiger partial charge in [-0.15, -0.1) is 11.3 Å². The zero-order valence-electron chi connectivity index (χ0n) is 13.1. The molecular formula is C19H13ClN4S. The molecule has 4 rings (SSSR count). The second-order valence-corrected chi connectivity index (χ2v) is 6.63. The molecule has 0 unspecified atom stereocenters. The first-order chi connectivity index (χ1) is 12.3. The van der Waals surface area contributed by atoms with Gasteiger partial charge in [-0.3, -0.25) is 5.43 Å². The first kappa shape index (κ1) is 15.7. The highest BCUT2D eigenvalue weighted by atomic mass is 35.5. The minimum atomic E-state index is 0.690. The zero-order chi connectivity index (χ0) is 17.1. The summed E-state index contributed by atoms with van der Waals surface area (Å²) >= 11 is 7.49. The summed E-state index contributed by atoms with van der Waals surface area (Å²) in [7, 11) is 0. The molecule has 4 aromatic rings. The first-order valence-corrected chi connectivity index (χ1v) is 8.89. The summed E-state index contributed by atoms with van der Waals surface area (Å²) in [5, 5.41) is 8.08. The highest BCUT2D eigenvalue weighted by Gasteiger charge is 2.12. The lowest BCUT2D eigenvalue weighted by atomic mass is 10.1. The number of aromatic nitrogens is 2. The third kappa shape index (κ3) is 3.38. The number of nitrogens with one attached hydrogen (secondary N) is 1. The van der Waals surface area contributed by atoms with Crippen LogP contribution in [0.5, 0.6) is 0 Å². The third-order valence-corrected chi connectivity index (χ3v) is 4.85. The Balaban J connectivity index is 1.68. The van der Waals surface area contributed by atoms with Gasteiger partial charge >= 0.3 is 0 Å². The Morgan fingerprint density at radius 2 is 1.80 bits per heavy atom. The second kappa shape index (κ2) is 7.01. The Hall–Kier alpha value is -2.76. The molecule has 0 saturated carbocycles. The Bertz CT molecular complexity index is 1030. The van der Waals surface area contributed by atoms with Gasteiger partial charge in [0.05, 0.1) is 11.6 Å². The predicted octanol–water partition coefficient (Wildman–Crippen LogP) is 5.46. The summed E-state index contributed by atoms with van der Waals surface area (Å²) in [5.74, 6) is 0.690. The van der Waals surface area contributed by atoms with Crippen LogP contribution in [-0.4, -0.2) is 16.2 Å². The lowest BCUT2D eigenvalue weighted by Crippen LogP contribution is -1.95. The van der Waals surface area contributed by atoms with E-state index in [0.717, 1.165) is 26.9 Å². The van der Waals surface area contributed by atoms with E-state index in [1.165, 1.54) is 0 Å². The van der Waals surface area contributed by atoms with Crippen molar-refractivity contribution < 1.29 is 0 Å². The molecule has 2 aromatic heterocycles. The summed E-state index contributed by atoms with van der Waals surface area (Å²) in [6.07, 6.45) is 3.28. The molecule has 2 aromatic carbocycles.